The molecule has 0 unspecified atom stereocenters. The van der Waals surface area contributed by atoms with E-state index >= 15 is 0 Å². The van der Waals surface area contributed by atoms with Crippen LogP contribution in [0, 0.1) is 0 Å². The Morgan fingerprint density at radius 3 is 1.95 bits per heavy atom. The van der Waals surface area contributed by atoms with Gasteiger partial charge in [0.2, 0.25) is 11.8 Å². The van der Waals surface area contributed by atoms with Crippen LogP contribution in [0.2, 0.25) is 0 Å². The molecular formula is C35H39N3O4. The molecule has 3 aromatic carbocycles. The van der Waals surface area contributed by atoms with Crippen LogP contribution in [0.4, 0.5) is 0 Å². The molecule has 1 saturated heterocycles. The number of hydrogen-bond donors (Lipinski definition) is 0. The highest BCUT2D eigenvalue weighted by Gasteiger charge is 2.30. The molecule has 4 aromatic rings. The molecule has 2 heterocycles. The Hall–Kier alpha value is -4.20. The van der Waals surface area contributed by atoms with Crippen LogP contribution in [0.1, 0.15) is 28.4 Å². The number of morpholine rings is 1. The van der Waals surface area contributed by atoms with Gasteiger partial charge in [0, 0.05) is 32.7 Å². The quantitative estimate of drug-likeness (QED) is 0.232. The van der Waals surface area contributed by atoms with E-state index in [1.807, 2.05) is 91.0 Å². The van der Waals surface area contributed by atoms with Gasteiger partial charge in [-0.05, 0) is 35.2 Å². The molecule has 0 bridgehead atoms. The zero-order valence-corrected chi connectivity index (χ0v) is 24.0. The Morgan fingerprint density at radius 1 is 0.738 bits per heavy atom. The summed E-state index contributed by atoms with van der Waals surface area (Å²) >= 11 is 0. The molecule has 0 radical (unpaired) electrons. The van der Waals surface area contributed by atoms with Gasteiger partial charge in [-0.25, -0.2) is 0 Å². The molecule has 1 aliphatic rings. The molecule has 2 amide bonds. The van der Waals surface area contributed by atoms with Crippen LogP contribution in [0.3, 0.4) is 0 Å². The number of nitrogens with zero attached hydrogens (tertiary/aromatic N) is 3. The first-order chi connectivity index (χ1) is 20.7. The second kappa shape index (κ2) is 15.1. The maximum Gasteiger partial charge on any atom is 0.242 e. The lowest BCUT2D eigenvalue weighted by Gasteiger charge is -2.33. The first-order valence-electron chi connectivity index (χ1n) is 14.7. The first-order valence-corrected chi connectivity index (χ1v) is 14.7. The number of rotatable bonds is 13. The number of hydrogen-bond acceptors (Lipinski definition) is 5. The minimum absolute atomic E-state index is 0.00512. The Bertz CT molecular complexity index is 1320. The van der Waals surface area contributed by atoms with Crippen molar-refractivity contribution in [1.82, 2.24) is 14.7 Å². The van der Waals surface area contributed by atoms with Crippen molar-refractivity contribution < 1.29 is 18.7 Å². The van der Waals surface area contributed by atoms with Crippen LogP contribution < -0.4 is 0 Å². The highest BCUT2D eigenvalue weighted by atomic mass is 16.5. The van der Waals surface area contributed by atoms with Crippen molar-refractivity contribution in [2.75, 3.05) is 52.5 Å². The fourth-order valence-corrected chi connectivity index (χ4v) is 5.36. The number of amides is 2. The number of ether oxygens (including phenoxy) is 1. The van der Waals surface area contributed by atoms with E-state index in [-0.39, 0.29) is 18.4 Å². The maximum absolute atomic E-state index is 14.5. The fourth-order valence-electron chi connectivity index (χ4n) is 5.36. The molecule has 7 nitrogen and oxygen atoms in total. The highest BCUT2D eigenvalue weighted by molar-refractivity contribution is 5.91. The van der Waals surface area contributed by atoms with Crippen molar-refractivity contribution in [2.45, 2.75) is 18.9 Å². The summed E-state index contributed by atoms with van der Waals surface area (Å²) in [5, 5.41) is 0. The zero-order chi connectivity index (χ0) is 29.0. The van der Waals surface area contributed by atoms with E-state index in [2.05, 4.69) is 17.0 Å². The SMILES string of the molecule is O=C(CN(CCN1CCOCC1)C(=O)C(c1ccccc1)c1ccccc1)N(CCc1ccccc1)Cc1ccco1. The van der Waals surface area contributed by atoms with E-state index in [4.69, 9.17) is 9.15 Å². The molecule has 218 valence electrons. The summed E-state index contributed by atoms with van der Waals surface area (Å²) in [6, 6.07) is 33.5. The Balaban J connectivity index is 1.39. The van der Waals surface area contributed by atoms with Crippen LogP contribution in [0.15, 0.2) is 114 Å². The first kappa shape index (κ1) is 29.3. The minimum Gasteiger partial charge on any atom is -0.467 e. The van der Waals surface area contributed by atoms with Gasteiger partial charge < -0.3 is 19.0 Å². The van der Waals surface area contributed by atoms with Gasteiger partial charge in [-0.3, -0.25) is 14.5 Å². The van der Waals surface area contributed by atoms with E-state index in [1.165, 1.54) is 0 Å². The minimum atomic E-state index is -0.507. The van der Waals surface area contributed by atoms with Crippen molar-refractivity contribution >= 4 is 11.8 Å². The molecule has 1 fully saturated rings. The summed E-state index contributed by atoms with van der Waals surface area (Å²) in [7, 11) is 0. The van der Waals surface area contributed by atoms with Gasteiger partial charge in [-0.15, -0.1) is 0 Å². The molecule has 0 spiro atoms. The second-order valence-corrected chi connectivity index (χ2v) is 10.6. The maximum atomic E-state index is 14.5. The number of benzene rings is 3. The predicted octanol–water partition coefficient (Wildman–Crippen LogP) is 4.84. The van der Waals surface area contributed by atoms with Crippen molar-refractivity contribution in [3.05, 3.63) is 132 Å². The molecule has 7 heteroatoms. The topological polar surface area (TPSA) is 66.2 Å². The molecule has 5 rings (SSSR count). The molecule has 42 heavy (non-hydrogen) atoms. The number of furan rings is 1. The summed E-state index contributed by atoms with van der Waals surface area (Å²) < 4.78 is 11.1. The van der Waals surface area contributed by atoms with Crippen LogP contribution in [0.25, 0.3) is 0 Å². The standard InChI is InChI=1S/C35H39N3O4/c39-33(37(27-32-17-10-24-42-32)19-18-29-11-4-1-5-12-29)28-38(21-20-36-22-25-41-26-23-36)35(40)34(30-13-6-2-7-14-30)31-15-8-3-9-16-31/h1-17,24,34H,18-23,25-28H2. The second-order valence-electron chi connectivity index (χ2n) is 10.6. The summed E-state index contributed by atoms with van der Waals surface area (Å²) in [4.78, 5) is 34.3. The Kier molecular flexibility index (Phi) is 10.6. The fraction of sp³-hybridized carbons (Fsp3) is 0.314. The average Bonchev–Trinajstić information content (AvgIpc) is 3.56. The number of carbonyl (C=O) groups excluding carboxylic acids is 2. The smallest absolute Gasteiger partial charge is 0.242 e. The molecule has 0 atom stereocenters. The van der Waals surface area contributed by atoms with E-state index in [0.717, 1.165) is 29.8 Å². The lowest BCUT2D eigenvalue weighted by Crippen LogP contribution is -2.48. The van der Waals surface area contributed by atoms with E-state index in [1.54, 1.807) is 16.1 Å². The largest absolute Gasteiger partial charge is 0.467 e. The lowest BCUT2D eigenvalue weighted by atomic mass is 9.90. The van der Waals surface area contributed by atoms with Crippen LogP contribution in [-0.2, 0) is 27.3 Å². The van der Waals surface area contributed by atoms with Gasteiger partial charge >= 0.3 is 0 Å². The third kappa shape index (κ3) is 8.18. The van der Waals surface area contributed by atoms with Crippen molar-refractivity contribution in [2.24, 2.45) is 0 Å². The monoisotopic (exact) mass is 565 g/mol. The van der Waals surface area contributed by atoms with Crippen LogP contribution in [0.5, 0.6) is 0 Å². The Morgan fingerprint density at radius 2 is 1.36 bits per heavy atom. The molecular weight excluding hydrogens is 526 g/mol. The van der Waals surface area contributed by atoms with Gasteiger partial charge in [0.15, 0.2) is 0 Å². The third-order valence-electron chi connectivity index (χ3n) is 7.73. The number of carbonyl (C=O) groups is 2. The summed E-state index contributed by atoms with van der Waals surface area (Å²) in [6.07, 6.45) is 2.34. The summed E-state index contributed by atoms with van der Waals surface area (Å²) in [5.41, 5.74) is 2.98. The molecule has 0 aliphatic carbocycles. The van der Waals surface area contributed by atoms with Gasteiger partial charge in [0.25, 0.3) is 0 Å². The summed E-state index contributed by atoms with van der Waals surface area (Å²) in [6.45, 7) is 5.00. The Labute approximate surface area is 248 Å². The van der Waals surface area contributed by atoms with Crippen LogP contribution in [-0.4, -0.2) is 79.0 Å². The molecule has 1 aromatic heterocycles. The van der Waals surface area contributed by atoms with Gasteiger partial charge in [0.05, 0.1) is 38.5 Å². The van der Waals surface area contributed by atoms with Crippen molar-refractivity contribution in [1.29, 1.82) is 0 Å². The van der Waals surface area contributed by atoms with Gasteiger partial charge in [0.1, 0.15) is 5.76 Å². The van der Waals surface area contributed by atoms with Crippen LogP contribution >= 0.6 is 0 Å². The normalized spacial score (nSPS) is 13.6. The molecule has 1 aliphatic heterocycles. The highest BCUT2D eigenvalue weighted by Crippen LogP contribution is 2.27. The lowest BCUT2D eigenvalue weighted by molar-refractivity contribution is -0.141. The van der Waals surface area contributed by atoms with Crippen molar-refractivity contribution in [3.8, 4) is 0 Å². The van der Waals surface area contributed by atoms with Crippen molar-refractivity contribution in [3.63, 3.8) is 0 Å². The average molecular weight is 566 g/mol. The third-order valence-corrected chi connectivity index (χ3v) is 7.73. The van der Waals surface area contributed by atoms with Gasteiger partial charge in [-0.2, -0.15) is 0 Å². The van der Waals surface area contributed by atoms with E-state index in [9.17, 15) is 9.59 Å². The van der Waals surface area contributed by atoms with Gasteiger partial charge in [-0.1, -0.05) is 91.0 Å². The molecule has 0 saturated carbocycles. The van der Waals surface area contributed by atoms with E-state index in [0.29, 0.717) is 51.6 Å². The zero-order valence-electron chi connectivity index (χ0n) is 24.0. The predicted molar refractivity (Wildman–Crippen MR) is 163 cm³/mol. The summed E-state index contributed by atoms with van der Waals surface area (Å²) in [5.74, 6) is 0.0364. The molecule has 0 N–H and O–H groups in total. The van der Waals surface area contributed by atoms with E-state index < -0.39 is 5.92 Å².